The molecule has 7 nitrogen and oxygen atoms in total. The van der Waals surface area contributed by atoms with Crippen molar-refractivity contribution in [2.75, 3.05) is 28.4 Å². The minimum atomic E-state index is -4.34. The summed E-state index contributed by atoms with van der Waals surface area (Å²) in [5.74, 6) is -2.11. The van der Waals surface area contributed by atoms with Gasteiger partial charge in [0.2, 0.25) is 5.91 Å². The maximum atomic E-state index is 14.4. The molecule has 1 aliphatic carbocycles. The molecule has 3 aromatic rings. The molecular formula is C29H30F2N4O3S. The molecule has 6 rings (SSSR count). The molecule has 0 radical (unpaired) electrons. The quantitative estimate of drug-likeness (QED) is 0.374. The van der Waals surface area contributed by atoms with Crippen LogP contribution < -0.4 is 15.4 Å². The lowest BCUT2D eigenvalue weighted by Gasteiger charge is -2.36. The van der Waals surface area contributed by atoms with Crippen molar-refractivity contribution in [1.82, 2.24) is 4.90 Å². The standard InChI is InChI=1S/C29H30F2N4O3S/c30-20-9-10-26(24(31)14-20)39(37,38)34-22-15-23-27(33-28(36)29(23)11-5-12-29)25(16-22)32-21-8-4-13-35(18-21)17-19-6-2-1-3-7-19/h1-3,6-7,9-10,14-16,21,32,34H,4-5,8,11-13,17-18H2,(H,33,36). The zero-order valence-corrected chi connectivity index (χ0v) is 22.2. The molecular weight excluding hydrogens is 522 g/mol. The summed E-state index contributed by atoms with van der Waals surface area (Å²) < 4.78 is 56.4. The van der Waals surface area contributed by atoms with Gasteiger partial charge in [-0.05, 0) is 67.6 Å². The number of anilines is 3. The molecule has 204 valence electrons. The van der Waals surface area contributed by atoms with E-state index in [1.807, 2.05) is 18.2 Å². The molecule has 1 atom stereocenters. The Hall–Kier alpha value is -3.50. The predicted octanol–water partition coefficient (Wildman–Crippen LogP) is 5.22. The molecule has 2 fully saturated rings. The van der Waals surface area contributed by atoms with Crippen LogP contribution in [0.25, 0.3) is 0 Å². The van der Waals surface area contributed by atoms with Crippen LogP contribution in [-0.4, -0.2) is 38.4 Å². The molecule has 1 unspecified atom stereocenters. The molecule has 0 aromatic heterocycles. The van der Waals surface area contributed by atoms with E-state index in [4.69, 9.17) is 0 Å². The molecule has 3 aliphatic rings. The van der Waals surface area contributed by atoms with Crippen molar-refractivity contribution < 1.29 is 22.0 Å². The number of fused-ring (bicyclic) bond motifs is 2. The van der Waals surface area contributed by atoms with Crippen molar-refractivity contribution in [3.63, 3.8) is 0 Å². The molecule has 1 spiro atoms. The van der Waals surface area contributed by atoms with Crippen molar-refractivity contribution in [3.8, 4) is 0 Å². The number of likely N-dealkylation sites (tertiary alicyclic amines) is 1. The van der Waals surface area contributed by atoms with Gasteiger partial charge in [0.1, 0.15) is 16.5 Å². The van der Waals surface area contributed by atoms with Gasteiger partial charge in [-0.25, -0.2) is 17.2 Å². The average Bonchev–Trinajstić information content (AvgIpc) is 3.17. The number of sulfonamides is 1. The highest BCUT2D eigenvalue weighted by atomic mass is 32.2. The van der Waals surface area contributed by atoms with Gasteiger partial charge in [0.05, 0.1) is 22.5 Å². The first-order valence-corrected chi connectivity index (χ1v) is 14.7. The van der Waals surface area contributed by atoms with Crippen LogP contribution in [0, 0.1) is 11.6 Å². The Bertz CT molecular complexity index is 1530. The van der Waals surface area contributed by atoms with Crippen molar-refractivity contribution in [1.29, 1.82) is 0 Å². The topological polar surface area (TPSA) is 90.5 Å². The van der Waals surface area contributed by atoms with Gasteiger partial charge in [0, 0.05) is 25.2 Å². The fraction of sp³-hybridized carbons (Fsp3) is 0.345. The Balaban J connectivity index is 1.30. The van der Waals surface area contributed by atoms with Gasteiger partial charge in [-0.2, -0.15) is 0 Å². The minimum Gasteiger partial charge on any atom is -0.379 e. The summed E-state index contributed by atoms with van der Waals surface area (Å²) >= 11 is 0. The van der Waals surface area contributed by atoms with Gasteiger partial charge in [-0.3, -0.25) is 14.4 Å². The second-order valence-corrected chi connectivity index (χ2v) is 12.4. The van der Waals surface area contributed by atoms with E-state index in [0.717, 1.165) is 56.6 Å². The molecule has 2 heterocycles. The number of carbonyl (C=O) groups excluding carboxylic acids is 1. The van der Waals surface area contributed by atoms with Gasteiger partial charge in [0.25, 0.3) is 10.0 Å². The highest BCUT2D eigenvalue weighted by Gasteiger charge is 2.52. The van der Waals surface area contributed by atoms with Gasteiger partial charge in [-0.15, -0.1) is 0 Å². The van der Waals surface area contributed by atoms with Crippen LogP contribution >= 0.6 is 0 Å². The number of hydrogen-bond acceptors (Lipinski definition) is 5. The molecule has 39 heavy (non-hydrogen) atoms. The van der Waals surface area contributed by atoms with Gasteiger partial charge < -0.3 is 10.6 Å². The molecule has 1 amide bonds. The number of amides is 1. The summed E-state index contributed by atoms with van der Waals surface area (Å²) in [6.45, 7) is 2.60. The maximum Gasteiger partial charge on any atom is 0.264 e. The number of piperidine rings is 1. The Morgan fingerprint density at radius 2 is 1.82 bits per heavy atom. The van der Waals surface area contributed by atoms with E-state index < -0.39 is 32.0 Å². The first-order chi connectivity index (χ1) is 18.7. The number of nitrogens with one attached hydrogen (secondary N) is 3. The smallest absolute Gasteiger partial charge is 0.264 e. The first-order valence-electron chi connectivity index (χ1n) is 13.2. The zero-order valence-electron chi connectivity index (χ0n) is 21.3. The van der Waals surface area contributed by atoms with E-state index in [2.05, 4.69) is 32.4 Å². The van der Waals surface area contributed by atoms with Crippen molar-refractivity contribution in [2.24, 2.45) is 0 Å². The summed E-state index contributed by atoms with van der Waals surface area (Å²) in [5, 5.41) is 6.62. The molecule has 3 N–H and O–H groups in total. The summed E-state index contributed by atoms with van der Waals surface area (Å²) in [6.07, 6.45) is 4.20. The Kier molecular flexibility index (Phi) is 6.55. The van der Waals surface area contributed by atoms with Crippen LogP contribution in [-0.2, 0) is 26.8 Å². The number of halogens is 2. The molecule has 1 saturated carbocycles. The molecule has 3 aromatic carbocycles. The number of rotatable bonds is 7. The van der Waals surface area contributed by atoms with E-state index in [0.29, 0.717) is 30.3 Å². The first kappa shape index (κ1) is 25.8. The van der Waals surface area contributed by atoms with E-state index in [1.165, 1.54) is 5.56 Å². The van der Waals surface area contributed by atoms with Crippen molar-refractivity contribution in [2.45, 2.75) is 55.0 Å². The normalized spacial score (nSPS) is 20.3. The van der Waals surface area contributed by atoms with Crippen molar-refractivity contribution >= 4 is 33.0 Å². The van der Waals surface area contributed by atoms with Gasteiger partial charge in [0.15, 0.2) is 0 Å². The number of hydrogen-bond donors (Lipinski definition) is 3. The maximum absolute atomic E-state index is 14.4. The SMILES string of the molecule is O=C1Nc2c(NC3CCCN(Cc4ccccc4)C3)cc(NS(=O)(=O)c3ccc(F)cc3F)cc2C12CCC2. The molecule has 0 bridgehead atoms. The molecule has 1 saturated heterocycles. The van der Waals surface area contributed by atoms with E-state index >= 15 is 0 Å². The third-order valence-electron chi connectivity index (χ3n) is 8.08. The van der Waals surface area contributed by atoms with Crippen LogP contribution in [0.2, 0.25) is 0 Å². The number of nitrogens with zero attached hydrogens (tertiary/aromatic N) is 1. The fourth-order valence-corrected chi connectivity index (χ4v) is 7.09. The average molecular weight is 553 g/mol. The third-order valence-corrected chi connectivity index (χ3v) is 9.50. The highest BCUT2D eigenvalue weighted by molar-refractivity contribution is 7.92. The summed E-state index contributed by atoms with van der Waals surface area (Å²) in [7, 11) is -4.34. The second-order valence-electron chi connectivity index (χ2n) is 10.7. The lowest BCUT2D eigenvalue weighted by atomic mass is 9.65. The predicted molar refractivity (Wildman–Crippen MR) is 146 cm³/mol. The van der Waals surface area contributed by atoms with Crippen LogP contribution in [0.4, 0.5) is 25.8 Å². The largest absolute Gasteiger partial charge is 0.379 e. The van der Waals surface area contributed by atoms with Crippen LogP contribution in [0.5, 0.6) is 0 Å². The molecule has 2 aliphatic heterocycles. The van der Waals surface area contributed by atoms with Crippen LogP contribution in [0.1, 0.15) is 43.2 Å². The Labute approximate surface area is 226 Å². The van der Waals surface area contributed by atoms with Crippen LogP contribution in [0.15, 0.2) is 65.6 Å². The fourth-order valence-electron chi connectivity index (χ4n) is 5.99. The lowest BCUT2D eigenvalue weighted by molar-refractivity contribution is -0.123. The second kappa shape index (κ2) is 9.91. The third kappa shape index (κ3) is 4.87. The summed E-state index contributed by atoms with van der Waals surface area (Å²) in [6, 6.07) is 16.0. The van der Waals surface area contributed by atoms with E-state index in [-0.39, 0.29) is 17.6 Å². The van der Waals surface area contributed by atoms with Gasteiger partial charge >= 0.3 is 0 Å². The van der Waals surface area contributed by atoms with Crippen molar-refractivity contribution in [3.05, 3.63) is 83.4 Å². The van der Waals surface area contributed by atoms with E-state index in [9.17, 15) is 22.0 Å². The minimum absolute atomic E-state index is 0.0780. The van der Waals surface area contributed by atoms with Crippen LogP contribution in [0.3, 0.4) is 0 Å². The summed E-state index contributed by atoms with van der Waals surface area (Å²) in [5.41, 5.74) is 2.84. The van der Waals surface area contributed by atoms with Gasteiger partial charge in [-0.1, -0.05) is 36.8 Å². The van der Waals surface area contributed by atoms with E-state index in [1.54, 1.807) is 12.1 Å². The number of carbonyl (C=O) groups is 1. The summed E-state index contributed by atoms with van der Waals surface area (Å²) in [4.78, 5) is 14.8. The monoisotopic (exact) mass is 552 g/mol. The number of benzene rings is 3. The highest BCUT2D eigenvalue weighted by Crippen LogP contribution is 2.54. The molecule has 10 heteroatoms. The lowest BCUT2D eigenvalue weighted by Crippen LogP contribution is -2.41. The Morgan fingerprint density at radius 3 is 2.54 bits per heavy atom. The zero-order chi connectivity index (χ0) is 27.2. The Morgan fingerprint density at radius 1 is 1.03 bits per heavy atom.